The number of nitrogens with one attached hydrogen (secondary N) is 1. The van der Waals surface area contributed by atoms with Crippen molar-refractivity contribution in [1.29, 1.82) is 0 Å². The zero-order chi connectivity index (χ0) is 15.1. The molecule has 1 aromatic rings. The predicted molar refractivity (Wildman–Crippen MR) is 90.0 cm³/mol. The normalized spacial score (nSPS) is 19.7. The second-order valence-electron chi connectivity index (χ2n) is 5.94. The quantitative estimate of drug-likeness (QED) is 0.789. The first-order chi connectivity index (χ1) is 10.2. The van der Waals surface area contributed by atoms with E-state index in [9.17, 15) is 0 Å². The van der Waals surface area contributed by atoms with Gasteiger partial charge < -0.3 is 15.0 Å². The van der Waals surface area contributed by atoms with Gasteiger partial charge in [0.2, 0.25) is 0 Å². The molecule has 0 aliphatic carbocycles. The molecular weight excluding hydrogens is 260 g/mol. The average Bonchev–Trinajstić information content (AvgIpc) is 3.03. The standard InChI is InChI=1S/C18H30N2O/c1-4-12-19-15(3)16-8-10-17(11-9-16)20(5-2)14-18-7-6-13-21-18/h8-11,15,18-19H,4-7,12-14H2,1-3H3. The molecule has 3 heteroatoms. The van der Waals surface area contributed by atoms with Crippen LogP contribution in [0.1, 0.15) is 51.6 Å². The zero-order valence-corrected chi connectivity index (χ0v) is 13.8. The Labute approximate surface area is 129 Å². The van der Waals surface area contributed by atoms with Gasteiger partial charge in [0.05, 0.1) is 6.10 Å². The molecule has 1 fully saturated rings. The number of nitrogens with zero attached hydrogens (tertiary/aromatic N) is 1. The zero-order valence-electron chi connectivity index (χ0n) is 13.8. The molecule has 118 valence electrons. The van der Waals surface area contributed by atoms with E-state index in [1.54, 1.807) is 0 Å². The molecule has 3 nitrogen and oxygen atoms in total. The van der Waals surface area contributed by atoms with Gasteiger partial charge in [-0.05, 0) is 57.4 Å². The van der Waals surface area contributed by atoms with Gasteiger partial charge in [-0.3, -0.25) is 0 Å². The predicted octanol–water partition coefficient (Wildman–Crippen LogP) is 3.75. The van der Waals surface area contributed by atoms with Crippen LogP contribution in [0.15, 0.2) is 24.3 Å². The van der Waals surface area contributed by atoms with Crippen molar-refractivity contribution in [3.8, 4) is 0 Å². The first-order valence-electron chi connectivity index (χ1n) is 8.44. The maximum absolute atomic E-state index is 5.76. The van der Waals surface area contributed by atoms with Crippen molar-refractivity contribution in [3.05, 3.63) is 29.8 Å². The first-order valence-corrected chi connectivity index (χ1v) is 8.44. The molecule has 1 heterocycles. The van der Waals surface area contributed by atoms with Crippen molar-refractivity contribution in [2.24, 2.45) is 0 Å². The van der Waals surface area contributed by atoms with Crippen LogP contribution in [-0.4, -0.2) is 32.3 Å². The molecule has 0 amide bonds. The van der Waals surface area contributed by atoms with Gasteiger partial charge in [-0.1, -0.05) is 19.1 Å². The Bertz CT molecular complexity index is 398. The monoisotopic (exact) mass is 290 g/mol. The molecule has 2 atom stereocenters. The summed E-state index contributed by atoms with van der Waals surface area (Å²) in [6, 6.07) is 9.42. The number of hydrogen-bond acceptors (Lipinski definition) is 3. The summed E-state index contributed by atoms with van der Waals surface area (Å²) in [5.41, 5.74) is 2.67. The minimum absolute atomic E-state index is 0.412. The van der Waals surface area contributed by atoms with E-state index in [-0.39, 0.29) is 0 Å². The summed E-state index contributed by atoms with van der Waals surface area (Å²) in [7, 11) is 0. The third kappa shape index (κ3) is 4.72. The number of benzene rings is 1. The van der Waals surface area contributed by atoms with Gasteiger partial charge in [0.25, 0.3) is 0 Å². The smallest absolute Gasteiger partial charge is 0.0750 e. The fourth-order valence-corrected chi connectivity index (χ4v) is 2.90. The summed E-state index contributed by atoms with van der Waals surface area (Å²) in [4.78, 5) is 2.42. The molecule has 0 spiro atoms. The van der Waals surface area contributed by atoms with Crippen molar-refractivity contribution >= 4 is 5.69 Å². The van der Waals surface area contributed by atoms with E-state index in [1.165, 1.54) is 30.5 Å². The van der Waals surface area contributed by atoms with E-state index >= 15 is 0 Å². The lowest BCUT2D eigenvalue weighted by Crippen LogP contribution is -2.32. The summed E-state index contributed by atoms with van der Waals surface area (Å²) < 4.78 is 5.76. The number of anilines is 1. The molecule has 1 aliphatic heterocycles. The van der Waals surface area contributed by atoms with Gasteiger partial charge in [0.15, 0.2) is 0 Å². The van der Waals surface area contributed by atoms with E-state index in [0.717, 1.165) is 26.2 Å². The summed E-state index contributed by atoms with van der Waals surface area (Å²) in [5.74, 6) is 0. The van der Waals surface area contributed by atoms with Gasteiger partial charge in [-0.2, -0.15) is 0 Å². The third-order valence-corrected chi connectivity index (χ3v) is 4.29. The SMILES string of the molecule is CCCNC(C)c1ccc(N(CC)CC2CCCO2)cc1. The third-order valence-electron chi connectivity index (χ3n) is 4.29. The van der Waals surface area contributed by atoms with Gasteiger partial charge in [0, 0.05) is 31.4 Å². The highest BCUT2D eigenvalue weighted by atomic mass is 16.5. The summed E-state index contributed by atoms with van der Waals surface area (Å²) in [5, 5.41) is 3.54. The Morgan fingerprint density at radius 2 is 2.05 bits per heavy atom. The van der Waals surface area contributed by atoms with Crippen molar-refractivity contribution in [3.63, 3.8) is 0 Å². The molecule has 0 bridgehead atoms. The summed E-state index contributed by atoms with van der Waals surface area (Å²) in [6.45, 7) is 10.7. The Balaban J connectivity index is 1.95. The van der Waals surface area contributed by atoms with Crippen molar-refractivity contribution in [2.45, 2.75) is 52.2 Å². The van der Waals surface area contributed by atoms with Crippen LogP contribution in [-0.2, 0) is 4.74 Å². The molecule has 21 heavy (non-hydrogen) atoms. The van der Waals surface area contributed by atoms with Crippen LogP contribution in [0, 0.1) is 0 Å². The van der Waals surface area contributed by atoms with E-state index < -0.39 is 0 Å². The van der Waals surface area contributed by atoms with Crippen LogP contribution >= 0.6 is 0 Å². The molecule has 0 aromatic heterocycles. The Hall–Kier alpha value is -1.06. The molecule has 1 aromatic carbocycles. The average molecular weight is 290 g/mol. The van der Waals surface area contributed by atoms with E-state index in [2.05, 4.69) is 55.3 Å². The second kappa shape index (κ2) is 8.40. The Morgan fingerprint density at radius 3 is 2.62 bits per heavy atom. The second-order valence-corrected chi connectivity index (χ2v) is 5.94. The maximum Gasteiger partial charge on any atom is 0.0750 e. The van der Waals surface area contributed by atoms with Gasteiger partial charge in [-0.15, -0.1) is 0 Å². The fourth-order valence-electron chi connectivity index (χ4n) is 2.90. The van der Waals surface area contributed by atoms with Crippen molar-refractivity contribution < 1.29 is 4.74 Å². The van der Waals surface area contributed by atoms with Crippen LogP contribution in [0.3, 0.4) is 0 Å². The lowest BCUT2D eigenvalue weighted by atomic mass is 10.1. The largest absolute Gasteiger partial charge is 0.376 e. The highest BCUT2D eigenvalue weighted by Gasteiger charge is 2.18. The minimum atomic E-state index is 0.412. The van der Waals surface area contributed by atoms with Crippen molar-refractivity contribution in [1.82, 2.24) is 5.32 Å². The van der Waals surface area contributed by atoms with E-state index in [0.29, 0.717) is 12.1 Å². The molecule has 1 saturated heterocycles. The van der Waals surface area contributed by atoms with Gasteiger partial charge in [0.1, 0.15) is 0 Å². The number of likely N-dealkylation sites (N-methyl/N-ethyl adjacent to an activating group) is 1. The van der Waals surface area contributed by atoms with Crippen LogP contribution in [0.4, 0.5) is 5.69 Å². The molecule has 0 radical (unpaired) electrons. The fraction of sp³-hybridized carbons (Fsp3) is 0.667. The Morgan fingerprint density at radius 1 is 1.29 bits per heavy atom. The molecule has 0 saturated carbocycles. The molecule has 1 N–H and O–H groups in total. The first kappa shape index (κ1) is 16.3. The summed E-state index contributed by atoms with van der Waals surface area (Å²) >= 11 is 0. The van der Waals surface area contributed by atoms with Gasteiger partial charge in [-0.25, -0.2) is 0 Å². The van der Waals surface area contributed by atoms with Crippen LogP contribution < -0.4 is 10.2 Å². The minimum Gasteiger partial charge on any atom is -0.376 e. The molecular formula is C18H30N2O. The van der Waals surface area contributed by atoms with E-state index in [4.69, 9.17) is 4.74 Å². The van der Waals surface area contributed by atoms with Crippen LogP contribution in [0.2, 0.25) is 0 Å². The van der Waals surface area contributed by atoms with Crippen LogP contribution in [0.25, 0.3) is 0 Å². The molecule has 2 unspecified atom stereocenters. The lowest BCUT2D eigenvalue weighted by molar-refractivity contribution is 0.115. The van der Waals surface area contributed by atoms with Gasteiger partial charge >= 0.3 is 0 Å². The summed E-state index contributed by atoms with van der Waals surface area (Å²) in [6.07, 6.45) is 4.00. The highest BCUT2D eigenvalue weighted by Crippen LogP contribution is 2.21. The number of ether oxygens (including phenoxy) is 1. The number of rotatable bonds is 8. The number of hydrogen-bond donors (Lipinski definition) is 1. The molecule has 2 rings (SSSR count). The topological polar surface area (TPSA) is 24.5 Å². The molecule has 1 aliphatic rings. The van der Waals surface area contributed by atoms with E-state index in [1.807, 2.05) is 0 Å². The highest BCUT2D eigenvalue weighted by molar-refractivity contribution is 5.48. The van der Waals surface area contributed by atoms with Crippen molar-refractivity contribution in [2.75, 3.05) is 31.1 Å². The maximum atomic E-state index is 5.76. The lowest BCUT2D eigenvalue weighted by Gasteiger charge is -2.26. The van der Waals surface area contributed by atoms with Crippen LogP contribution in [0.5, 0.6) is 0 Å². The Kier molecular flexibility index (Phi) is 6.52.